The maximum atomic E-state index is 12.6. The second kappa shape index (κ2) is 4.76. The third-order valence-electron chi connectivity index (χ3n) is 3.31. The van der Waals surface area contributed by atoms with Gasteiger partial charge >= 0.3 is 0 Å². The first kappa shape index (κ1) is 13.4. The van der Waals surface area contributed by atoms with E-state index in [1.165, 1.54) is 6.07 Å². The Morgan fingerprint density at radius 2 is 2.20 bits per heavy atom. The Labute approximate surface area is 119 Å². The van der Waals surface area contributed by atoms with Crippen molar-refractivity contribution < 1.29 is 18.3 Å². The highest BCUT2D eigenvalue weighted by molar-refractivity contribution is 7.89. The minimum Gasteiger partial charge on any atom is -0.548 e. The SMILES string of the molecule is O=C([O-])C1CCCN1S(=O)(=O)c1cccc2nsnc12. The van der Waals surface area contributed by atoms with Crippen LogP contribution in [0.4, 0.5) is 0 Å². The Morgan fingerprint density at radius 3 is 2.95 bits per heavy atom. The molecule has 106 valence electrons. The maximum Gasteiger partial charge on any atom is 0.245 e. The summed E-state index contributed by atoms with van der Waals surface area (Å²) in [7, 11) is -3.91. The fourth-order valence-electron chi connectivity index (χ4n) is 2.38. The molecular weight excluding hydrogens is 302 g/mol. The Bertz CT molecular complexity index is 771. The van der Waals surface area contributed by atoms with Crippen molar-refractivity contribution in [2.75, 3.05) is 6.54 Å². The second-order valence-corrected chi connectivity index (χ2v) is 6.87. The largest absolute Gasteiger partial charge is 0.548 e. The van der Waals surface area contributed by atoms with Crippen LogP contribution >= 0.6 is 11.7 Å². The van der Waals surface area contributed by atoms with Gasteiger partial charge in [0.1, 0.15) is 15.9 Å². The predicted molar refractivity (Wildman–Crippen MR) is 69.3 cm³/mol. The number of hydrogen-bond donors (Lipinski definition) is 0. The molecule has 0 amide bonds. The van der Waals surface area contributed by atoms with Crippen LogP contribution in [0.15, 0.2) is 23.1 Å². The van der Waals surface area contributed by atoms with E-state index in [2.05, 4.69) is 8.75 Å². The summed E-state index contributed by atoms with van der Waals surface area (Å²) < 4.78 is 34.2. The first-order valence-electron chi connectivity index (χ1n) is 5.96. The highest BCUT2D eigenvalue weighted by atomic mass is 32.2. The molecule has 3 rings (SSSR count). The normalized spacial score (nSPS) is 20.5. The van der Waals surface area contributed by atoms with Crippen molar-refractivity contribution in [1.82, 2.24) is 13.1 Å². The third kappa shape index (κ3) is 1.98. The number of nitrogens with zero attached hydrogens (tertiary/aromatic N) is 3. The summed E-state index contributed by atoms with van der Waals surface area (Å²) in [5, 5.41) is 11.1. The summed E-state index contributed by atoms with van der Waals surface area (Å²) in [6.45, 7) is 0.176. The quantitative estimate of drug-likeness (QED) is 0.763. The van der Waals surface area contributed by atoms with Gasteiger partial charge in [0.05, 0.1) is 23.7 Å². The van der Waals surface area contributed by atoms with Crippen LogP contribution in [0.25, 0.3) is 11.0 Å². The minimum absolute atomic E-state index is 0.00287. The second-order valence-electron chi connectivity index (χ2n) is 4.48. The summed E-state index contributed by atoms with van der Waals surface area (Å²) in [5.41, 5.74) is 0.766. The number of aliphatic carboxylic acids is 1. The first-order chi connectivity index (χ1) is 9.51. The molecule has 0 aliphatic carbocycles. The number of carbonyl (C=O) groups excluding carboxylic acids is 1. The van der Waals surface area contributed by atoms with Gasteiger partial charge in [-0.2, -0.15) is 13.1 Å². The van der Waals surface area contributed by atoms with Gasteiger partial charge in [-0.05, 0) is 25.0 Å². The van der Waals surface area contributed by atoms with Gasteiger partial charge in [-0.15, -0.1) is 0 Å². The number of fused-ring (bicyclic) bond motifs is 1. The van der Waals surface area contributed by atoms with Crippen LogP contribution < -0.4 is 5.11 Å². The summed E-state index contributed by atoms with van der Waals surface area (Å²) in [6, 6.07) is 3.55. The van der Waals surface area contributed by atoms with Crippen LogP contribution in [0.2, 0.25) is 0 Å². The molecule has 0 radical (unpaired) electrons. The van der Waals surface area contributed by atoms with Crippen molar-refractivity contribution in [3.63, 3.8) is 0 Å². The molecule has 0 bridgehead atoms. The van der Waals surface area contributed by atoms with E-state index < -0.39 is 22.0 Å². The van der Waals surface area contributed by atoms with Crippen molar-refractivity contribution >= 4 is 38.8 Å². The third-order valence-corrected chi connectivity index (χ3v) is 5.79. The van der Waals surface area contributed by atoms with Gasteiger partial charge in [-0.3, -0.25) is 0 Å². The van der Waals surface area contributed by atoms with E-state index in [1.54, 1.807) is 12.1 Å². The summed E-state index contributed by atoms with van der Waals surface area (Å²) in [5.74, 6) is -1.37. The zero-order valence-electron chi connectivity index (χ0n) is 10.2. The van der Waals surface area contributed by atoms with E-state index in [0.717, 1.165) is 16.0 Å². The van der Waals surface area contributed by atoms with Gasteiger partial charge < -0.3 is 9.90 Å². The molecule has 1 aliphatic rings. The molecule has 20 heavy (non-hydrogen) atoms. The molecule has 1 aromatic carbocycles. The molecule has 2 heterocycles. The summed E-state index contributed by atoms with van der Waals surface area (Å²) >= 11 is 0.921. The van der Waals surface area contributed by atoms with E-state index >= 15 is 0 Å². The maximum absolute atomic E-state index is 12.6. The molecule has 1 aromatic heterocycles. The lowest BCUT2D eigenvalue weighted by Gasteiger charge is -2.24. The molecule has 0 N–H and O–H groups in total. The van der Waals surface area contributed by atoms with Gasteiger partial charge in [0.2, 0.25) is 10.0 Å². The lowest BCUT2D eigenvalue weighted by Crippen LogP contribution is -2.46. The topological polar surface area (TPSA) is 103 Å². The van der Waals surface area contributed by atoms with Crippen LogP contribution in [0.5, 0.6) is 0 Å². The zero-order chi connectivity index (χ0) is 14.3. The summed E-state index contributed by atoms with van der Waals surface area (Å²) in [4.78, 5) is 11.1. The van der Waals surface area contributed by atoms with E-state index in [4.69, 9.17) is 0 Å². The van der Waals surface area contributed by atoms with Crippen molar-refractivity contribution in [3.05, 3.63) is 18.2 Å². The average molecular weight is 312 g/mol. The number of benzene rings is 1. The smallest absolute Gasteiger partial charge is 0.245 e. The van der Waals surface area contributed by atoms with Crippen LogP contribution in [0, 0.1) is 0 Å². The fraction of sp³-hybridized carbons (Fsp3) is 0.364. The number of rotatable bonds is 3. The number of carbonyl (C=O) groups is 1. The molecular formula is C11H10N3O4S2-. The van der Waals surface area contributed by atoms with E-state index in [1.807, 2.05) is 0 Å². The number of carboxylic acid groups (broad SMARTS) is 1. The van der Waals surface area contributed by atoms with Crippen molar-refractivity contribution in [2.24, 2.45) is 0 Å². The fourth-order valence-corrected chi connectivity index (χ4v) is 4.78. The number of hydrogen-bond acceptors (Lipinski definition) is 7. The molecule has 1 saturated heterocycles. The van der Waals surface area contributed by atoms with Crippen molar-refractivity contribution in [3.8, 4) is 0 Å². The molecule has 0 spiro atoms. The van der Waals surface area contributed by atoms with Crippen molar-refractivity contribution in [2.45, 2.75) is 23.8 Å². The highest BCUT2D eigenvalue weighted by Gasteiger charge is 2.37. The lowest BCUT2D eigenvalue weighted by molar-refractivity contribution is -0.309. The van der Waals surface area contributed by atoms with E-state index in [0.29, 0.717) is 11.9 Å². The van der Waals surface area contributed by atoms with E-state index in [-0.39, 0.29) is 23.4 Å². The minimum atomic E-state index is -3.91. The van der Waals surface area contributed by atoms with Crippen LogP contribution in [0.3, 0.4) is 0 Å². The monoisotopic (exact) mass is 312 g/mol. The first-order valence-corrected chi connectivity index (χ1v) is 8.13. The van der Waals surface area contributed by atoms with Gasteiger partial charge in [0, 0.05) is 6.54 Å². The van der Waals surface area contributed by atoms with E-state index in [9.17, 15) is 18.3 Å². The Balaban J connectivity index is 2.12. The molecule has 9 heteroatoms. The van der Waals surface area contributed by atoms with Gasteiger partial charge in [-0.1, -0.05) is 6.07 Å². The molecule has 1 fully saturated rings. The van der Waals surface area contributed by atoms with Crippen molar-refractivity contribution in [1.29, 1.82) is 0 Å². The highest BCUT2D eigenvalue weighted by Crippen LogP contribution is 2.29. The standard InChI is InChI=1S/C11H11N3O4S2/c15-11(16)8-4-2-6-14(8)20(17,18)9-5-1-3-7-10(9)13-19-12-7/h1,3,5,8H,2,4,6H2,(H,15,16)/p-1. The molecule has 7 nitrogen and oxygen atoms in total. The molecule has 1 aliphatic heterocycles. The van der Waals surface area contributed by atoms with Gasteiger partial charge in [-0.25, -0.2) is 8.42 Å². The Hall–Kier alpha value is -1.58. The van der Waals surface area contributed by atoms with Crippen LogP contribution in [-0.4, -0.2) is 40.0 Å². The Kier molecular flexibility index (Phi) is 3.19. The lowest BCUT2D eigenvalue weighted by atomic mass is 10.2. The molecule has 1 unspecified atom stereocenters. The molecule has 2 aromatic rings. The Morgan fingerprint density at radius 1 is 1.40 bits per heavy atom. The predicted octanol–water partition coefficient (Wildman–Crippen LogP) is -0.406. The van der Waals surface area contributed by atoms with Crippen LogP contribution in [0.1, 0.15) is 12.8 Å². The van der Waals surface area contributed by atoms with Crippen LogP contribution in [-0.2, 0) is 14.8 Å². The molecule has 0 saturated carbocycles. The number of sulfonamides is 1. The molecule has 1 atom stereocenters. The number of aromatic nitrogens is 2. The summed E-state index contributed by atoms with van der Waals surface area (Å²) in [6.07, 6.45) is 0.774. The zero-order valence-corrected chi connectivity index (χ0v) is 11.9. The van der Waals surface area contributed by atoms with Gasteiger partial charge in [0.25, 0.3) is 0 Å². The van der Waals surface area contributed by atoms with Gasteiger partial charge in [0.15, 0.2) is 0 Å². The number of carboxylic acids is 1. The average Bonchev–Trinajstić information content (AvgIpc) is 3.06.